The molecule has 0 saturated heterocycles. The molecular weight excluding hydrogens is 390 g/mol. The van der Waals surface area contributed by atoms with Gasteiger partial charge in [-0.3, -0.25) is 14.9 Å². The Morgan fingerprint density at radius 1 is 1.03 bits per heavy atom. The monoisotopic (exact) mass is 405 g/mol. The first-order valence-corrected chi connectivity index (χ1v) is 9.38. The molecule has 0 N–H and O–H groups in total. The second-order valence-electron chi connectivity index (χ2n) is 6.61. The highest BCUT2D eigenvalue weighted by atomic mass is 35.5. The number of nitro benzene ring substituents is 1. The molecule has 1 aliphatic heterocycles. The van der Waals surface area contributed by atoms with Gasteiger partial charge >= 0.3 is 0 Å². The van der Waals surface area contributed by atoms with E-state index in [2.05, 4.69) is 5.10 Å². The smallest absolute Gasteiger partial charge is 0.267 e. The van der Waals surface area contributed by atoms with Crippen molar-refractivity contribution in [3.8, 4) is 0 Å². The van der Waals surface area contributed by atoms with E-state index in [1.807, 2.05) is 60.7 Å². The molecule has 0 aliphatic carbocycles. The Bertz CT molecular complexity index is 1100. The van der Waals surface area contributed by atoms with Gasteiger partial charge in [-0.05, 0) is 17.2 Å². The summed E-state index contributed by atoms with van der Waals surface area (Å²) in [5.74, 6) is -0.474. The number of benzene rings is 3. The van der Waals surface area contributed by atoms with Crippen molar-refractivity contribution in [3.63, 3.8) is 0 Å². The molecule has 6 nitrogen and oxygen atoms in total. The first-order valence-electron chi connectivity index (χ1n) is 9.00. The SMILES string of the molecule is O=C(c1cc([N+](=O)[O-])ccc1Cl)N1N=C(c2ccccc2)C[C@H]1c1ccccc1. The Morgan fingerprint density at radius 3 is 2.34 bits per heavy atom. The number of carbonyl (C=O) groups excluding carboxylic acids is 1. The van der Waals surface area contributed by atoms with E-state index in [4.69, 9.17) is 11.6 Å². The van der Waals surface area contributed by atoms with Crippen molar-refractivity contribution < 1.29 is 9.72 Å². The van der Waals surface area contributed by atoms with Crippen LogP contribution in [0.1, 0.15) is 33.9 Å². The summed E-state index contributed by atoms with van der Waals surface area (Å²) in [7, 11) is 0. The minimum atomic E-state index is -0.551. The van der Waals surface area contributed by atoms with Crippen molar-refractivity contribution in [2.24, 2.45) is 5.10 Å². The van der Waals surface area contributed by atoms with Gasteiger partial charge in [-0.15, -0.1) is 0 Å². The second-order valence-corrected chi connectivity index (χ2v) is 7.02. The lowest BCUT2D eigenvalue weighted by Gasteiger charge is -2.22. The van der Waals surface area contributed by atoms with Gasteiger partial charge in [0.05, 0.1) is 27.3 Å². The maximum absolute atomic E-state index is 13.3. The summed E-state index contributed by atoms with van der Waals surface area (Å²) in [4.78, 5) is 23.9. The molecule has 1 atom stereocenters. The molecule has 0 fully saturated rings. The Balaban J connectivity index is 1.77. The lowest BCUT2D eigenvalue weighted by Crippen LogP contribution is -2.27. The van der Waals surface area contributed by atoms with E-state index in [1.54, 1.807) is 0 Å². The van der Waals surface area contributed by atoms with E-state index < -0.39 is 10.8 Å². The van der Waals surface area contributed by atoms with Gasteiger partial charge in [-0.2, -0.15) is 5.10 Å². The van der Waals surface area contributed by atoms with Gasteiger partial charge in [-0.1, -0.05) is 72.3 Å². The number of rotatable bonds is 4. The van der Waals surface area contributed by atoms with Crippen molar-refractivity contribution in [2.45, 2.75) is 12.5 Å². The number of amides is 1. The summed E-state index contributed by atoms with van der Waals surface area (Å²) in [6.07, 6.45) is 0.534. The third-order valence-electron chi connectivity index (χ3n) is 4.80. The normalized spacial score (nSPS) is 15.8. The van der Waals surface area contributed by atoms with Gasteiger partial charge in [0, 0.05) is 18.6 Å². The first kappa shape index (κ1) is 18.8. The van der Waals surface area contributed by atoms with E-state index in [9.17, 15) is 14.9 Å². The van der Waals surface area contributed by atoms with Crippen molar-refractivity contribution >= 4 is 28.9 Å². The summed E-state index contributed by atoms with van der Waals surface area (Å²) in [5.41, 5.74) is 2.49. The Kier molecular flexibility index (Phi) is 5.10. The van der Waals surface area contributed by atoms with E-state index in [0.717, 1.165) is 16.8 Å². The average Bonchev–Trinajstić information content (AvgIpc) is 3.20. The van der Waals surface area contributed by atoms with Crippen molar-refractivity contribution in [1.29, 1.82) is 0 Å². The highest BCUT2D eigenvalue weighted by Gasteiger charge is 2.34. The molecule has 1 aliphatic rings. The lowest BCUT2D eigenvalue weighted by molar-refractivity contribution is -0.384. The molecule has 0 unspecified atom stereocenters. The van der Waals surface area contributed by atoms with Crippen LogP contribution >= 0.6 is 11.6 Å². The molecule has 0 bridgehead atoms. The summed E-state index contributed by atoms with van der Waals surface area (Å²) in [5, 5.41) is 17.2. The topological polar surface area (TPSA) is 75.8 Å². The molecular formula is C22H16ClN3O3. The van der Waals surface area contributed by atoms with Gasteiger partial charge in [0.1, 0.15) is 0 Å². The molecule has 0 saturated carbocycles. The first-order chi connectivity index (χ1) is 14.0. The maximum atomic E-state index is 13.3. The van der Waals surface area contributed by atoms with Gasteiger partial charge < -0.3 is 0 Å². The highest BCUT2D eigenvalue weighted by Crippen LogP contribution is 2.35. The summed E-state index contributed by atoms with van der Waals surface area (Å²) in [6, 6.07) is 22.7. The molecule has 29 heavy (non-hydrogen) atoms. The fraction of sp³-hybridized carbons (Fsp3) is 0.0909. The van der Waals surface area contributed by atoms with Crippen LogP contribution in [0.5, 0.6) is 0 Å². The predicted octanol–water partition coefficient (Wildman–Crippen LogP) is 5.24. The van der Waals surface area contributed by atoms with Crippen molar-refractivity contribution in [1.82, 2.24) is 5.01 Å². The van der Waals surface area contributed by atoms with Crippen LogP contribution in [0.15, 0.2) is 84.0 Å². The molecule has 0 aromatic heterocycles. The van der Waals surface area contributed by atoms with E-state index >= 15 is 0 Å². The summed E-state index contributed by atoms with van der Waals surface area (Å²) in [6.45, 7) is 0. The minimum Gasteiger partial charge on any atom is -0.267 e. The van der Waals surface area contributed by atoms with E-state index in [0.29, 0.717) is 6.42 Å². The zero-order valence-corrected chi connectivity index (χ0v) is 16.0. The van der Waals surface area contributed by atoms with Crippen molar-refractivity contribution in [3.05, 3.63) is 111 Å². The molecule has 1 heterocycles. The van der Waals surface area contributed by atoms with Crippen LogP contribution in [0, 0.1) is 10.1 Å². The van der Waals surface area contributed by atoms with Crippen molar-refractivity contribution in [2.75, 3.05) is 0 Å². The van der Waals surface area contributed by atoms with Gasteiger partial charge in [0.2, 0.25) is 0 Å². The highest BCUT2D eigenvalue weighted by molar-refractivity contribution is 6.34. The molecule has 4 rings (SSSR count). The number of nitrogens with zero attached hydrogens (tertiary/aromatic N) is 3. The van der Waals surface area contributed by atoms with Gasteiger partial charge in [-0.25, -0.2) is 5.01 Å². The molecule has 3 aromatic rings. The fourth-order valence-corrected chi connectivity index (χ4v) is 3.55. The molecule has 144 valence electrons. The lowest BCUT2D eigenvalue weighted by atomic mass is 9.98. The van der Waals surface area contributed by atoms with Crippen LogP contribution in [0.2, 0.25) is 5.02 Å². The zero-order valence-electron chi connectivity index (χ0n) is 15.2. The van der Waals surface area contributed by atoms with Crippen LogP contribution in [-0.2, 0) is 0 Å². The quantitative estimate of drug-likeness (QED) is 0.440. The Labute approximate surface area is 172 Å². The number of nitro groups is 1. The Hall–Kier alpha value is -3.51. The molecule has 7 heteroatoms. The van der Waals surface area contributed by atoms with Gasteiger partial charge in [0.15, 0.2) is 0 Å². The summed E-state index contributed by atoms with van der Waals surface area (Å²) < 4.78 is 0. The van der Waals surface area contributed by atoms with E-state index in [1.165, 1.54) is 23.2 Å². The standard InChI is InChI=1S/C22H16ClN3O3/c23-19-12-11-17(26(28)29)13-18(19)22(27)25-21(16-9-5-2-6-10-16)14-20(24-25)15-7-3-1-4-8-15/h1-13,21H,14H2/t21-/m0/s1. The average molecular weight is 406 g/mol. The molecule has 3 aromatic carbocycles. The predicted molar refractivity (Wildman–Crippen MR) is 111 cm³/mol. The number of non-ortho nitro benzene ring substituents is 1. The Morgan fingerprint density at radius 2 is 1.69 bits per heavy atom. The number of hydrogen-bond donors (Lipinski definition) is 0. The van der Waals surface area contributed by atoms with Crippen LogP contribution in [0.4, 0.5) is 5.69 Å². The minimum absolute atomic E-state index is 0.0554. The second kappa shape index (κ2) is 7.85. The third-order valence-corrected chi connectivity index (χ3v) is 5.13. The van der Waals surface area contributed by atoms with Gasteiger partial charge in [0.25, 0.3) is 11.6 Å². The number of hydrogen-bond acceptors (Lipinski definition) is 4. The third kappa shape index (κ3) is 3.75. The van der Waals surface area contributed by atoms with Crippen LogP contribution in [0.3, 0.4) is 0 Å². The zero-order chi connectivity index (χ0) is 20.4. The number of halogens is 1. The molecule has 0 radical (unpaired) electrons. The number of hydrazone groups is 1. The summed E-state index contributed by atoms with van der Waals surface area (Å²) >= 11 is 6.20. The van der Waals surface area contributed by atoms with Crippen LogP contribution in [-0.4, -0.2) is 21.6 Å². The fourth-order valence-electron chi connectivity index (χ4n) is 3.35. The molecule has 1 amide bonds. The number of carbonyl (C=O) groups is 1. The van der Waals surface area contributed by atoms with E-state index in [-0.39, 0.29) is 22.3 Å². The molecule has 0 spiro atoms. The van der Waals surface area contributed by atoms with Crippen LogP contribution in [0.25, 0.3) is 0 Å². The van der Waals surface area contributed by atoms with Crippen LogP contribution < -0.4 is 0 Å². The maximum Gasteiger partial charge on any atom is 0.276 e. The largest absolute Gasteiger partial charge is 0.276 e.